The zero-order valence-corrected chi connectivity index (χ0v) is 12.3. The maximum absolute atomic E-state index is 12.4. The first-order valence-electron chi connectivity index (χ1n) is 7.49. The second-order valence-electron chi connectivity index (χ2n) is 5.99. The third-order valence-corrected chi connectivity index (χ3v) is 4.57. The fraction of sp³-hybridized carbons (Fsp3) is 0.150. The van der Waals surface area contributed by atoms with Crippen LogP contribution in [0.5, 0.6) is 5.75 Å². The molecule has 1 N–H and O–H groups in total. The van der Waals surface area contributed by atoms with Gasteiger partial charge in [-0.25, -0.2) is 0 Å². The molecule has 1 aliphatic rings. The summed E-state index contributed by atoms with van der Waals surface area (Å²) >= 11 is 0. The number of rotatable bonds is 1. The number of ketones is 1. The van der Waals surface area contributed by atoms with Crippen molar-refractivity contribution in [3.63, 3.8) is 0 Å². The van der Waals surface area contributed by atoms with E-state index in [1.807, 2.05) is 55.5 Å². The quantitative estimate of drug-likeness (QED) is 0.712. The topological polar surface area (TPSA) is 37.3 Å². The van der Waals surface area contributed by atoms with E-state index in [0.717, 1.165) is 33.0 Å². The molecular formula is C20H16O2. The lowest BCUT2D eigenvalue weighted by atomic mass is 9.88. The lowest BCUT2D eigenvalue weighted by Crippen LogP contribution is -1.99. The Labute approximate surface area is 129 Å². The SMILES string of the molecule is Cc1ccc2c(c1)C(=O)C[C@@H]2c1c(O)ccc2ccccc12. The Morgan fingerprint density at radius 1 is 1.05 bits per heavy atom. The Hall–Kier alpha value is -2.61. The van der Waals surface area contributed by atoms with Gasteiger partial charge in [-0.1, -0.05) is 48.0 Å². The minimum Gasteiger partial charge on any atom is -0.508 e. The van der Waals surface area contributed by atoms with Crippen LogP contribution in [0.15, 0.2) is 54.6 Å². The number of aryl methyl sites for hydroxylation is 1. The van der Waals surface area contributed by atoms with E-state index < -0.39 is 0 Å². The van der Waals surface area contributed by atoms with Gasteiger partial charge in [0.05, 0.1) is 0 Å². The molecule has 0 bridgehead atoms. The molecule has 3 aromatic carbocycles. The Morgan fingerprint density at radius 3 is 2.73 bits per heavy atom. The van der Waals surface area contributed by atoms with E-state index in [1.165, 1.54) is 0 Å². The summed E-state index contributed by atoms with van der Waals surface area (Å²) in [6.45, 7) is 2.00. The van der Waals surface area contributed by atoms with Gasteiger partial charge in [-0.05, 0) is 35.4 Å². The van der Waals surface area contributed by atoms with E-state index in [4.69, 9.17) is 0 Å². The highest BCUT2D eigenvalue weighted by Crippen LogP contribution is 2.44. The summed E-state index contributed by atoms with van der Waals surface area (Å²) in [4.78, 5) is 12.4. The third kappa shape index (κ3) is 1.84. The van der Waals surface area contributed by atoms with Crippen molar-refractivity contribution < 1.29 is 9.90 Å². The molecule has 1 aliphatic carbocycles. The van der Waals surface area contributed by atoms with Gasteiger partial charge in [0.15, 0.2) is 5.78 Å². The van der Waals surface area contributed by atoms with Crippen LogP contribution in [0.25, 0.3) is 10.8 Å². The average molecular weight is 288 g/mol. The third-order valence-electron chi connectivity index (χ3n) is 4.57. The summed E-state index contributed by atoms with van der Waals surface area (Å²) in [5.74, 6) is 0.371. The molecule has 2 heteroatoms. The van der Waals surface area contributed by atoms with E-state index in [9.17, 15) is 9.90 Å². The van der Waals surface area contributed by atoms with Gasteiger partial charge in [0.1, 0.15) is 5.75 Å². The van der Waals surface area contributed by atoms with Crippen molar-refractivity contribution in [3.05, 3.63) is 76.9 Å². The fourth-order valence-corrected chi connectivity index (χ4v) is 3.53. The molecular weight excluding hydrogens is 272 g/mol. The predicted octanol–water partition coefficient (Wildman–Crippen LogP) is 4.57. The van der Waals surface area contributed by atoms with Gasteiger partial charge in [-0.15, -0.1) is 0 Å². The minimum absolute atomic E-state index is 0.0609. The van der Waals surface area contributed by atoms with E-state index in [2.05, 4.69) is 0 Å². The maximum atomic E-state index is 12.4. The Bertz CT molecular complexity index is 909. The van der Waals surface area contributed by atoms with Crippen molar-refractivity contribution in [3.8, 4) is 5.75 Å². The van der Waals surface area contributed by atoms with E-state index in [-0.39, 0.29) is 17.5 Å². The molecule has 0 heterocycles. The fourth-order valence-electron chi connectivity index (χ4n) is 3.53. The molecule has 108 valence electrons. The number of carbonyl (C=O) groups excluding carboxylic acids is 1. The summed E-state index contributed by atoms with van der Waals surface area (Å²) in [5, 5.41) is 12.5. The molecule has 0 radical (unpaired) electrons. The normalized spacial score (nSPS) is 17.0. The summed E-state index contributed by atoms with van der Waals surface area (Å²) in [6.07, 6.45) is 0.431. The van der Waals surface area contributed by atoms with Gasteiger partial charge in [0.25, 0.3) is 0 Å². The zero-order chi connectivity index (χ0) is 15.3. The van der Waals surface area contributed by atoms with Gasteiger partial charge < -0.3 is 5.11 Å². The highest BCUT2D eigenvalue weighted by molar-refractivity contribution is 6.03. The lowest BCUT2D eigenvalue weighted by Gasteiger charge is -2.16. The average Bonchev–Trinajstić information content (AvgIpc) is 2.83. The zero-order valence-electron chi connectivity index (χ0n) is 12.3. The number of phenols is 1. The first kappa shape index (κ1) is 13.1. The van der Waals surface area contributed by atoms with Gasteiger partial charge >= 0.3 is 0 Å². The predicted molar refractivity (Wildman–Crippen MR) is 87.6 cm³/mol. The highest BCUT2D eigenvalue weighted by Gasteiger charge is 2.32. The van der Waals surface area contributed by atoms with Gasteiger partial charge in [-0.2, -0.15) is 0 Å². The molecule has 0 saturated heterocycles. The second-order valence-corrected chi connectivity index (χ2v) is 5.99. The van der Waals surface area contributed by atoms with Crippen LogP contribution in [0.3, 0.4) is 0 Å². The van der Waals surface area contributed by atoms with E-state index in [0.29, 0.717) is 6.42 Å². The lowest BCUT2D eigenvalue weighted by molar-refractivity contribution is 0.0991. The van der Waals surface area contributed by atoms with Crippen molar-refractivity contribution in [2.24, 2.45) is 0 Å². The van der Waals surface area contributed by atoms with Crippen molar-refractivity contribution in [2.75, 3.05) is 0 Å². The summed E-state index contributed by atoms with van der Waals surface area (Å²) in [5.41, 5.74) is 3.79. The Balaban J connectivity index is 1.99. The Morgan fingerprint density at radius 2 is 1.86 bits per heavy atom. The molecule has 2 nitrogen and oxygen atoms in total. The standard InChI is InChI=1S/C20H16O2/c1-12-6-8-15-16(10-12)19(22)11-17(15)20-14-5-3-2-4-13(14)7-9-18(20)21/h2-10,17,21H,11H2,1H3/t17-/m0/s1. The molecule has 0 aliphatic heterocycles. The minimum atomic E-state index is -0.0609. The van der Waals surface area contributed by atoms with Crippen molar-refractivity contribution in [2.45, 2.75) is 19.3 Å². The number of hydrogen-bond donors (Lipinski definition) is 1. The molecule has 0 aromatic heterocycles. The molecule has 0 saturated carbocycles. The van der Waals surface area contributed by atoms with Crippen LogP contribution in [0.2, 0.25) is 0 Å². The molecule has 1 atom stereocenters. The number of benzene rings is 3. The van der Waals surface area contributed by atoms with Crippen LogP contribution in [0.4, 0.5) is 0 Å². The summed E-state index contributed by atoms with van der Waals surface area (Å²) < 4.78 is 0. The van der Waals surface area contributed by atoms with Crippen LogP contribution >= 0.6 is 0 Å². The van der Waals surface area contributed by atoms with Crippen LogP contribution in [-0.4, -0.2) is 10.9 Å². The number of carbonyl (C=O) groups is 1. The molecule has 0 fully saturated rings. The largest absolute Gasteiger partial charge is 0.508 e. The van der Waals surface area contributed by atoms with Crippen molar-refractivity contribution in [1.29, 1.82) is 0 Å². The first-order valence-corrected chi connectivity index (χ1v) is 7.49. The number of phenolic OH excluding ortho intramolecular Hbond substituents is 1. The van der Waals surface area contributed by atoms with Crippen LogP contribution in [0.1, 0.15) is 39.4 Å². The van der Waals surface area contributed by atoms with Crippen LogP contribution < -0.4 is 0 Å². The first-order chi connectivity index (χ1) is 10.6. The number of aromatic hydroxyl groups is 1. The van der Waals surface area contributed by atoms with Crippen LogP contribution in [0, 0.1) is 6.92 Å². The van der Waals surface area contributed by atoms with Crippen LogP contribution in [-0.2, 0) is 0 Å². The summed E-state index contributed by atoms with van der Waals surface area (Å²) in [7, 11) is 0. The molecule has 22 heavy (non-hydrogen) atoms. The van der Waals surface area contributed by atoms with Gasteiger partial charge in [-0.3, -0.25) is 4.79 Å². The molecule has 3 aromatic rings. The number of hydrogen-bond acceptors (Lipinski definition) is 2. The number of fused-ring (bicyclic) bond motifs is 2. The van der Waals surface area contributed by atoms with E-state index in [1.54, 1.807) is 6.07 Å². The monoisotopic (exact) mass is 288 g/mol. The molecule has 0 unspecified atom stereocenters. The molecule has 4 rings (SSSR count). The maximum Gasteiger partial charge on any atom is 0.164 e. The van der Waals surface area contributed by atoms with E-state index >= 15 is 0 Å². The van der Waals surface area contributed by atoms with Gasteiger partial charge in [0, 0.05) is 23.5 Å². The molecule has 0 spiro atoms. The summed E-state index contributed by atoms with van der Waals surface area (Å²) in [6, 6.07) is 17.7. The Kier molecular flexibility index (Phi) is 2.80. The van der Waals surface area contributed by atoms with Crippen molar-refractivity contribution >= 4 is 16.6 Å². The van der Waals surface area contributed by atoms with Crippen molar-refractivity contribution in [1.82, 2.24) is 0 Å². The molecule has 0 amide bonds. The highest BCUT2D eigenvalue weighted by atomic mass is 16.3. The second kappa shape index (κ2) is 4.70. The van der Waals surface area contributed by atoms with Gasteiger partial charge in [0.2, 0.25) is 0 Å². The smallest absolute Gasteiger partial charge is 0.164 e. The number of Topliss-reactive ketones (excluding diaryl/α,β-unsaturated/α-hetero) is 1.